The van der Waals surface area contributed by atoms with E-state index in [0.29, 0.717) is 16.8 Å². The van der Waals surface area contributed by atoms with Crippen molar-refractivity contribution in [2.45, 2.75) is 27.4 Å². The van der Waals surface area contributed by atoms with Crippen LogP contribution in [-0.4, -0.2) is 23.5 Å². The summed E-state index contributed by atoms with van der Waals surface area (Å²) in [7, 11) is 0. The number of hydrogen-bond acceptors (Lipinski definition) is 4. The fourth-order valence-corrected chi connectivity index (χ4v) is 3.10. The molecule has 5 nitrogen and oxygen atoms in total. The highest BCUT2D eigenvalue weighted by Crippen LogP contribution is 2.22. The molecule has 0 bridgehead atoms. The van der Waals surface area contributed by atoms with Gasteiger partial charge in [0.05, 0.1) is 12.2 Å². The molecule has 26 heavy (non-hydrogen) atoms. The van der Waals surface area contributed by atoms with Crippen LogP contribution < -0.4 is 0 Å². The van der Waals surface area contributed by atoms with Crippen LogP contribution in [0.5, 0.6) is 0 Å². The second-order valence-corrected chi connectivity index (χ2v) is 6.06. The number of esters is 2. The highest BCUT2D eigenvalue weighted by molar-refractivity contribution is 5.98. The first-order chi connectivity index (χ1) is 12.5. The first-order valence-electron chi connectivity index (χ1n) is 8.53. The maximum atomic E-state index is 12.5. The third-order valence-electron chi connectivity index (χ3n) is 4.36. The minimum atomic E-state index is -0.492. The first kappa shape index (κ1) is 17.7. The normalized spacial score (nSPS) is 10.7. The number of H-pyrrole nitrogens is 1. The molecule has 3 aromatic rings. The number of rotatable bonds is 5. The Morgan fingerprint density at radius 2 is 1.69 bits per heavy atom. The average Bonchev–Trinajstić information content (AvgIpc) is 2.94. The molecule has 1 heterocycles. The van der Waals surface area contributed by atoms with Crippen LogP contribution in [0.3, 0.4) is 0 Å². The maximum absolute atomic E-state index is 12.5. The summed E-state index contributed by atoms with van der Waals surface area (Å²) < 4.78 is 10.5. The van der Waals surface area contributed by atoms with Crippen molar-refractivity contribution in [3.05, 3.63) is 70.5 Å². The first-order valence-corrected chi connectivity index (χ1v) is 8.53. The Labute approximate surface area is 151 Å². The Hall–Kier alpha value is -3.08. The van der Waals surface area contributed by atoms with Crippen LogP contribution in [0.15, 0.2) is 42.5 Å². The monoisotopic (exact) mass is 351 g/mol. The summed E-state index contributed by atoms with van der Waals surface area (Å²) in [6.07, 6.45) is 0. The molecule has 0 aliphatic carbocycles. The highest BCUT2D eigenvalue weighted by Gasteiger charge is 2.23. The van der Waals surface area contributed by atoms with Crippen molar-refractivity contribution >= 4 is 22.7 Å². The van der Waals surface area contributed by atoms with E-state index in [2.05, 4.69) is 4.98 Å². The third kappa shape index (κ3) is 3.33. The maximum Gasteiger partial charge on any atom is 0.355 e. The molecular weight excluding hydrogens is 330 g/mol. The predicted molar refractivity (Wildman–Crippen MR) is 99.3 cm³/mol. The van der Waals surface area contributed by atoms with Gasteiger partial charge in [0.2, 0.25) is 0 Å². The van der Waals surface area contributed by atoms with Crippen molar-refractivity contribution in [3.8, 4) is 0 Å². The number of carbonyl (C=O) groups is 2. The number of ether oxygens (including phenoxy) is 2. The molecule has 0 atom stereocenters. The lowest BCUT2D eigenvalue weighted by atomic mass is 10.1. The van der Waals surface area contributed by atoms with Gasteiger partial charge < -0.3 is 14.5 Å². The largest absolute Gasteiger partial charge is 0.462 e. The third-order valence-corrected chi connectivity index (χ3v) is 4.36. The molecule has 0 amide bonds. The van der Waals surface area contributed by atoms with Crippen LogP contribution in [0.25, 0.3) is 10.8 Å². The van der Waals surface area contributed by atoms with Gasteiger partial charge in [-0.15, -0.1) is 0 Å². The number of aryl methyl sites for hydroxylation is 1. The summed E-state index contributed by atoms with van der Waals surface area (Å²) in [6, 6.07) is 13.8. The van der Waals surface area contributed by atoms with E-state index >= 15 is 0 Å². The molecular formula is C21H21NO4. The number of aromatic nitrogens is 1. The molecule has 0 radical (unpaired) electrons. The summed E-state index contributed by atoms with van der Waals surface area (Å²) in [6.45, 7) is 5.63. The zero-order chi connectivity index (χ0) is 18.7. The Morgan fingerprint density at radius 1 is 0.962 bits per heavy atom. The molecule has 1 aromatic heterocycles. The van der Waals surface area contributed by atoms with Crippen molar-refractivity contribution in [2.24, 2.45) is 0 Å². The van der Waals surface area contributed by atoms with Crippen molar-refractivity contribution in [3.63, 3.8) is 0 Å². The smallest absolute Gasteiger partial charge is 0.355 e. The number of hydrogen-bond donors (Lipinski definition) is 1. The topological polar surface area (TPSA) is 68.4 Å². The van der Waals surface area contributed by atoms with Crippen molar-refractivity contribution in [1.82, 2.24) is 4.98 Å². The molecule has 0 unspecified atom stereocenters. The zero-order valence-corrected chi connectivity index (χ0v) is 15.1. The van der Waals surface area contributed by atoms with E-state index in [4.69, 9.17) is 9.47 Å². The fourth-order valence-electron chi connectivity index (χ4n) is 3.10. The zero-order valence-electron chi connectivity index (χ0n) is 15.1. The van der Waals surface area contributed by atoms with Gasteiger partial charge in [-0.3, -0.25) is 0 Å². The summed E-state index contributed by atoms with van der Waals surface area (Å²) in [5, 5.41) is 2.15. The van der Waals surface area contributed by atoms with E-state index in [1.54, 1.807) is 20.8 Å². The lowest BCUT2D eigenvalue weighted by Gasteiger charge is -2.08. The van der Waals surface area contributed by atoms with Crippen LogP contribution in [-0.2, 0) is 16.1 Å². The van der Waals surface area contributed by atoms with Crippen LogP contribution in [0.2, 0.25) is 0 Å². The summed E-state index contributed by atoms with van der Waals surface area (Å²) in [5.74, 6) is -0.930. The molecule has 2 aromatic carbocycles. The average molecular weight is 351 g/mol. The van der Waals surface area contributed by atoms with E-state index in [1.165, 1.54) is 0 Å². The number of benzene rings is 2. The van der Waals surface area contributed by atoms with Gasteiger partial charge in [0.25, 0.3) is 0 Å². The van der Waals surface area contributed by atoms with Crippen LogP contribution in [0, 0.1) is 13.8 Å². The van der Waals surface area contributed by atoms with Crippen LogP contribution in [0.4, 0.5) is 0 Å². The van der Waals surface area contributed by atoms with Gasteiger partial charge >= 0.3 is 11.9 Å². The van der Waals surface area contributed by atoms with Crippen LogP contribution >= 0.6 is 0 Å². The van der Waals surface area contributed by atoms with Gasteiger partial charge in [-0.2, -0.15) is 0 Å². The minimum Gasteiger partial charge on any atom is -0.462 e. The molecule has 0 aliphatic rings. The number of nitrogens with one attached hydrogen (secondary N) is 1. The quantitative estimate of drug-likeness (QED) is 0.695. The second-order valence-electron chi connectivity index (χ2n) is 6.06. The van der Waals surface area contributed by atoms with E-state index in [9.17, 15) is 9.59 Å². The van der Waals surface area contributed by atoms with Gasteiger partial charge in [0.15, 0.2) is 0 Å². The van der Waals surface area contributed by atoms with Gasteiger partial charge in [-0.25, -0.2) is 9.59 Å². The van der Waals surface area contributed by atoms with Crippen molar-refractivity contribution < 1.29 is 19.1 Å². The van der Waals surface area contributed by atoms with Gasteiger partial charge in [-0.05, 0) is 42.7 Å². The van der Waals surface area contributed by atoms with Crippen LogP contribution in [0.1, 0.15) is 44.6 Å². The van der Waals surface area contributed by atoms with E-state index < -0.39 is 11.9 Å². The summed E-state index contributed by atoms with van der Waals surface area (Å²) in [4.78, 5) is 27.5. The minimum absolute atomic E-state index is 0.159. The van der Waals surface area contributed by atoms with Crippen molar-refractivity contribution in [2.75, 3.05) is 6.61 Å². The SMILES string of the molecule is CCOC(=O)c1c(C)[nH]c(C(=O)OCc2cccc3ccccc23)c1C. The Balaban J connectivity index is 1.80. The molecule has 0 saturated heterocycles. The van der Waals surface area contributed by atoms with Gasteiger partial charge in [0, 0.05) is 5.69 Å². The summed E-state index contributed by atoms with van der Waals surface area (Å²) >= 11 is 0. The number of fused-ring (bicyclic) bond motifs is 1. The Kier molecular flexibility index (Phi) is 5.07. The molecule has 0 saturated carbocycles. The van der Waals surface area contributed by atoms with Gasteiger partial charge in [0.1, 0.15) is 12.3 Å². The lowest BCUT2D eigenvalue weighted by Crippen LogP contribution is -2.09. The Bertz CT molecular complexity index is 966. The lowest BCUT2D eigenvalue weighted by molar-refractivity contribution is 0.0467. The van der Waals surface area contributed by atoms with E-state index in [-0.39, 0.29) is 18.9 Å². The number of carbonyl (C=O) groups excluding carboxylic acids is 2. The molecule has 1 N–H and O–H groups in total. The molecule has 3 rings (SSSR count). The second kappa shape index (κ2) is 7.44. The molecule has 5 heteroatoms. The standard InChI is InChI=1S/C21H21NO4/c1-4-25-20(23)18-13(2)19(22-14(18)3)21(24)26-12-16-10-7-9-15-8-5-6-11-17(15)16/h5-11,22H,4,12H2,1-3H3. The molecule has 0 aliphatic heterocycles. The predicted octanol–water partition coefficient (Wildman–Crippen LogP) is 4.32. The van der Waals surface area contributed by atoms with Gasteiger partial charge in [-0.1, -0.05) is 42.5 Å². The molecule has 0 spiro atoms. The number of aromatic amines is 1. The summed E-state index contributed by atoms with van der Waals surface area (Å²) in [5.41, 5.74) is 2.75. The Morgan fingerprint density at radius 3 is 2.46 bits per heavy atom. The fraction of sp³-hybridized carbons (Fsp3) is 0.238. The van der Waals surface area contributed by atoms with E-state index in [1.807, 2.05) is 42.5 Å². The molecule has 134 valence electrons. The van der Waals surface area contributed by atoms with Crippen molar-refractivity contribution in [1.29, 1.82) is 0 Å². The highest BCUT2D eigenvalue weighted by atomic mass is 16.5. The molecule has 0 fully saturated rings. The van der Waals surface area contributed by atoms with E-state index in [0.717, 1.165) is 16.3 Å².